The molecule has 0 aliphatic heterocycles. The van der Waals surface area contributed by atoms with Crippen molar-refractivity contribution in [2.75, 3.05) is 5.75 Å². The molecule has 0 radical (unpaired) electrons. The Bertz CT molecular complexity index is 137. The van der Waals surface area contributed by atoms with Gasteiger partial charge in [0.15, 0.2) is 5.12 Å². The van der Waals surface area contributed by atoms with Crippen molar-refractivity contribution < 1.29 is 9.90 Å². The lowest BCUT2D eigenvalue weighted by Gasteiger charge is -2.07. The molecule has 1 N–H and O–H groups in total. The van der Waals surface area contributed by atoms with E-state index in [1.54, 1.807) is 0 Å². The molecule has 0 bridgehead atoms. The minimum atomic E-state index is -0.300. The van der Waals surface area contributed by atoms with Crippen molar-refractivity contribution >= 4 is 16.9 Å². The highest BCUT2D eigenvalue weighted by Crippen LogP contribution is 2.10. The molecular weight excluding hydrogens is 184 g/mol. The first kappa shape index (κ1) is 13.0. The summed E-state index contributed by atoms with van der Waals surface area (Å²) in [6.07, 6.45) is 5.27. The zero-order chi connectivity index (χ0) is 10.1. The second-order valence-corrected chi connectivity index (χ2v) is 4.50. The van der Waals surface area contributed by atoms with Crippen molar-refractivity contribution in [1.82, 2.24) is 0 Å². The second kappa shape index (κ2) is 8.57. The van der Waals surface area contributed by atoms with Gasteiger partial charge in [0.2, 0.25) is 0 Å². The minimum Gasteiger partial charge on any atom is -0.392 e. The van der Waals surface area contributed by atoms with Crippen LogP contribution in [-0.2, 0) is 4.79 Å². The van der Waals surface area contributed by atoms with Gasteiger partial charge in [0.05, 0.1) is 6.10 Å². The van der Waals surface area contributed by atoms with Crippen LogP contribution in [-0.4, -0.2) is 22.1 Å². The quantitative estimate of drug-likeness (QED) is 0.648. The van der Waals surface area contributed by atoms with E-state index in [1.807, 2.05) is 0 Å². The van der Waals surface area contributed by atoms with Crippen molar-refractivity contribution in [2.24, 2.45) is 0 Å². The lowest BCUT2D eigenvalue weighted by molar-refractivity contribution is -0.109. The molecule has 0 saturated heterocycles. The molecular formula is C10H20O2S. The summed E-state index contributed by atoms with van der Waals surface area (Å²) in [7, 11) is 0. The summed E-state index contributed by atoms with van der Waals surface area (Å²) in [5.41, 5.74) is 0. The summed E-state index contributed by atoms with van der Waals surface area (Å²) in [4.78, 5) is 10.6. The first-order valence-electron chi connectivity index (χ1n) is 4.98. The van der Waals surface area contributed by atoms with Crippen LogP contribution in [0.5, 0.6) is 0 Å². The highest BCUT2D eigenvalue weighted by Gasteiger charge is 2.05. The number of aliphatic hydroxyl groups is 1. The standard InChI is InChI=1S/C10H20O2S/c1-3-4-5-6-7-10(12)8-13-9(2)11/h10,12H,3-8H2,1-2H3. The second-order valence-electron chi connectivity index (χ2n) is 3.31. The zero-order valence-corrected chi connectivity index (χ0v) is 9.40. The molecule has 0 saturated carbocycles. The van der Waals surface area contributed by atoms with E-state index in [0.29, 0.717) is 5.75 Å². The smallest absolute Gasteiger partial charge is 0.185 e. The van der Waals surface area contributed by atoms with Gasteiger partial charge in [0.25, 0.3) is 0 Å². The number of aliphatic hydroxyl groups excluding tert-OH is 1. The van der Waals surface area contributed by atoms with Crippen molar-refractivity contribution in [3.05, 3.63) is 0 Å². The fourth-order valence-corrected chi connectivity index (χ4v) is 1.70. The predicted molar refractivity (Wildman–Crippen MR) is 57.9 cm³/mol. The Morgan fingerprint density at radius 3 is 2.62 bits per heavy atom. The van der Waals surface area contributed by atoms with E-state index in [2.05, 4.69) is 6.92 Å². The summed E-state index contributed by atoms with van der Waals surface area (Å²) < 4.78 is 0. The van der Waals surface area contributed by atoms with E-state index in [1.165, 1.54) is 37.9 Å². The fraction of sp³-hybridized carbons (Fsp3) is 0.900. The Kier molecular flexibility index (Phi) is 8.56. The number of carbonyl (C=O) groups excluding carboxylic acids is 1. The average Bonchev–Trinajstić information content (AvgIpc) is 2.09. The molecule has 1 unspecified atom stereocenters. The molecule has 0 aromatic carbocycles. The summed E-state index contributed by atoms with van der Waals surface area (Å²) in [6.45, 7) is 3.70. The maximum Gasteiger partial charge on any atom is 0.185 e. The van der Waals surface area contributed by atoms with Crippen LogP contribution in [0.3, 0.4) is 0 Å². The Morgan fingerprint density at radius 1 is 1.38 bits per heavy atom. The molecule has 3 heteroatoms. The van der Waals surface area contributed by atoms with Crippen LogP contribution in [0, 0.1) is 0 Å². The minimum absolute atomic E-state index is 0.0904. The van der Waals surface area contributed by atoms with Crippen LogP contribution in [0.4, 0.5) is 0 Å². The molecule has 2 nitrogen and oxygen atoms in total. The topological polar surface area (TPSA) is 37.3 Å². The summed E-state index contributed by atoms with van der Waals surface area (Å²) in [5, 5.41) is 9.51. The van der Waals surface area contributed by atoms with Gasteiger partial charge in [-0.15, -0.1) is 0 Å². The molecule has 0 fully saturated rings. The van der Waals surface area contributed by atoms with E-state index in [4.69, 9.17) is 0 Å². The largest absolute Gasteiger partial charge is 0.392 e. The zero-order valence-electron chi connectivity index (χ0n) is 8.58. The predicted octanol–water partition coefficient (Wildman–Crippen LogP) is 2.60. The van der Waals surface area contributed by atoms with Crippen molar-refractivity contribution in [2.45, 2.75) is 52.1 Å². The van der Waals surface area contributed by atoms with Crippen LogP contribution in [0.1, 0.15) is 46.0 Å². The lowest BCUT2D eigenvalue weighted by Crippen LogP contribution is -2.10. The van der Waals surface area contributed by atoms with Crippen molar-refractivity contribution in [1.29, 1.82) is 0 Å². The van der Waals surface area contributed by atoms with E-state index >= 15 is 0 Å². The maximum atomic E-state index is 10.6. The van der Waals surface area contributed by atoms with E-state index < -0.39 is 0 Å². The van der Waals surface area contributed by atoms with Crippen LogP contribution in [0.2, 0.25) is 0 Å². The molecule has 0 aromatic heterocycles. The molecule has 0 rings (SSSR count). The van der Waals surface area contributed by atoms with E-state index in [0.717, 1.165) is 12.8 Å². The van der Waals surface area contributed by atoms with Gasteiger partial charge < -0.3 is 5.11 Å². The van der Waals surface area contributed by atoms with Gasteiger partial charge in [-0.1, -0.05) is 44.4 Å². The van der Waals surface area contributed by atoms with Gasteiger partial charge in [-0.3, -0.25) is 4.79 Å². The van der Waals surface area contributed by atoms with Crippen molar-refractivity contribution in [3.63, 3.8) is 0 Å². The van der Waals surface area contributed by atoms with Gasteiger partial charge in [0.1, 0.15) is 0 Å². The lowest BCUT2D eigenvalue weighted by atomic mass is 10.1. The fourth-order valence-electron chi connectivity index (χ4n) is 1.10. The monoisotopic (exact) mass is 204 g/mol. The van der Waals surface area contributed by atoms with Gasteiger partial charge in [0, 0.05) is 12.7 Å². The third-order valence-electron chi connectivity index (χ3n) is 1.87. The Hall–Kier alpha value is -0.0200. The number of hydrogen-bond acceptors (Lipinski definition) is 3. The van der Waals surface area contributed by atoms with Gasteiger partial charge in [-0.25, -0.2) is 0 Å². The summed E-state index contributed by atoms with van der Waals surface area (Å²) in [5.74, 6) is 0.557. The normalized spacial score (nSPS) is 12.8. The average molecular weight is 204 g/mol. The molecule has 0 amide bonds. The van der Waals surface area contributed by atoms with Crippen LogP contribution in [0.25, 0.3) is 0 Å². The molecule has 0 aromatic rings. The number of unbranched alkanes of at least 4 members (excludes halogenated alkanes) is 3. The molecule has 78 valence electrons. The number of hydrogen-bond donors (Lipinski definition) is 1. The molecule has 0 spiro atoms. The van der Waals surface area contributed by atoms with Crippen LogP contribution < -0.4 is 0 Å². The van der Waals surface area contributed by atoms with E-state index in [-0.39, 0.29) is 11.2 Å². The molecule has 0 aliphatic carbocycles. The number of rotatable bonds is 7. The van der Waals surface area contributed by atoms with Gasteiger partial charge in [-0.05, 0) is 6.42 Å². The first-order valence-corrected chi connectivity index (χ1v) is 5.96. The number of thioether (sulfide) groups is 1. The SMILES string of the molecule is CCCCCCC(O)CSC(C)=O. The Balaban J connectivity index is 3.19. The molecule has 13 heavy (non-hydrogen) atoms. The van der Waals surface area contributed by atoms with Crippen molar-refractivity contribution in [3.8, 4) is 0 Å². The highest BCUT2D eigenvalue weighted by molar-refractivity contribution is 8.13. The third-order valence-corrected chi connectivity index (χ3v) is 2.83. The molecule has 0 aliphatic rings. The maximum absolute atomic E-state index is 10.6. The Labute approximate surface area is 85.1 Å². The van der Waals surface area contributed by atoms with Crippen LogP contribution in [0.15, 0.2) is 0 Å². The summed E-state index contributed by atoms with van der Waals surface area (Å²) in [6, 6.07) is 0. The first-order chi connectivity index (χ1) is 6.16. The van der Waals surface area contributed by atoms with Gasteiger partial charge >= 0.3 is 0 Å². The highest BCUT2D eigenvalue weighted by atomic mass is 32.2. The summed E-state index contributed by atoms with van der Waals surface area (Å²) >= 11 is 1.21. The number of carbonyl (C=O) groups is 1. The Morgan fingerprint density at radius 2 is 2.08 bits per heavy atom. The third kappa shape index (κ3) is 9.90. The van der Waals surface area contributed by atoms with Gasteiger partial charge in [-0.2, -0.15) is 0 Å². The molecule has 0 heterocycles. The van der Waals surface area contributed by atoms with E-state index in [9.17, 15) is 9.90 Å². The van der Waals surface area contributed by atoms with Crippen LogP contribution >= 0.6 is 11.8 Å². The molecule has 1 atom stereocenters.